The molecular formula is C9H16N4O2S2. The fraction of sp³-hybridized carbons (Fsp3) is 0.778. The molecule has 6 nitrogen and oxygen atoms in total. The molecule has 0 bridgehead atoms. The summed E-state index contributed by atoms with van der Waals surface area (Å²) < 4.78 is 25.8. The number of rotatable bonds is 3. The third kappa shape index (κ3) is 2.58. The summed E-state index contributed by atoms with van der Waals surface area (Å²) in [5, 5.41) is 7.35. The van der Waals surface area contributed by atoms with E-state index in [4.69, 9.17) is 5.73 Å². The molecule has 0 atom stereocenters. The fourth-order valence-electron chi connectivity index (χ4n) is 1.99. The Balaban J connectivity index is 2.12. The summed E-state index contributed by atoms with van der Waals surface area (Å²) in [4.78, 5) is 0. The average molecular weight is 276 g/mol. The number of aromatic nitrogens is 2. The van der Waals surface area contributed by atoms with Crippen LogP contribution in [-0.4, -0.2) is 36.0 Å². The zero-order chi connectivity index (χ0) is 12.5. The van der Waals surface area contributed by atoms with E-state index in [1.165, 1.54) is 4.31 Å². The number of nitrogen functional groups attached to an aromatic ring is 1. The van der Waals surface area contributed by atoms with Crippen molar-refractivity contribution in [2.45, 2.75) is 30.5 Å². The second-order valence-electron chi connectivity index (χ2n) is 4.16. The molecule has 17 heavy (non-hydrogen) atoms. The predicted octanol–water partition coefficient (Wildman–Crippen LogP) is 0.931. The van der Waals surface area contributed by atoms with Crippen molar-refractivity contribution in [3.8, 4) is 0 Å². The van der Waals surface area contributed by atoms with Gasteiger partial charge in [-0.25, -0.2) is 8.42 Å². The van der Waals surface area contributed by atoms with Crippen LogP contribution in [0, 0.1) is 5.92 Å². The van der Waals surface area contributed by atoms with Gasteiger partial charge in [0.1, 0.15) is 0 Å². The second kappa shape index (κ2) is 4.87. The normalized spacial score (nSPS) is 19.6. The molecule has 0 radical (unpaired) electrons. The Labute approximate surface area is 105 Å². The number of hydrogen-bond acceptors (Lipinski definition) is 6. The van der Waals surface area contributed by atoms with Crippen LogP contribution in [-0.2, 0) is 10.0 Å². The first-order valence-electron chi connectivity index (χ1n) is 5.63. The Morgan fingerprint density at radius 2 is 2.06 bits per heavy atom. The molecule has 0 saturated carbocycles. The summed E-state index contributed by atoms with van der Waals surface area (Å²) in [5.41, 5.74) is 5.41. The summed E-state index contributed by atoms with van der Waals surface area (Å²) in [6.45, 7) is 3.28. The van der Waals surface area contributed by atoms with Crippen LogP contribution in [0.4, 0.5) is 5.13 Å². The van der Waals surface area contributed by atoms with Crippen LogP contribution in [0.3, 0.4) is 0 Å². The molecule has 1 aliphatic heterocycles. The Hall–Kier alpha value is -0.730. The van der Waals surface area contributed by atoms with Crippen molar-refractivity contribution < 1.29 is 8.42 Å². The van der Waals surface area contributed by atoms with E-state index < -0.39 is 10.0 Å². The Bertz CT molecular complexity index is 477. The molecule has 2 heterocycles. The van der Waals surface area contributed by atoms with Gasteiger partial charge in [-0.3, -0.25) is 0 Å². The number of nitrogens with two attached hydrogens (primary N) is 1. The van der Waals surface area contributed by atoms with Crippen LogP contribution in [0.5, 0.6) is 0 Å². The van der Waals surface area contributed by atoms with Crippen molar-refractivity contribution in [1.82, 2.24) is 14.5 Å². The molecule has 1 aliphatic rings. The predicted molar refractivity (Wildman–Crippen MR) is 66.1 cm³/mol. The summed E-state index contributed by atoms with van der Waals surface area (Å²) >= 11 is 0.921. The number of piperidine rings is 1. The first-order valence-corrected chi connectivity index (χ1v) is 7.89. The van der Waals surface area contributed by atoms with Crippen LogP contribution in [0.2, 0.25) is 0 Å². The highest BCUT2D eigenvalue weighted by Gasteiger charge is 2.31. The Morgan fingerprint density at radius 3 is 2.53 bits per heavy atom. The van der Waals surface area contributed by atoms with Gasteiger partial charge in [0.05, 0.1) is 0 Å². The minimum absolute atomic E-state index is 0.00458. The summed E-state index contributed by atoms with van der Waals surface area (Å²) in [6, 6.07) is 0. The zero-order valence-electron chi connectivity index (χ0n) is 9.66. The van der Waals surface area contributed by atoms with Gasteiger partial charge in [0.25, 0.3) is 10.0 Å². The van der Waals surface area contributed by atoms with Crippen molar-refractivity contribution in [3.63, 3.8) is 0 Å². The van der Waals surface area contributed by atoms with Gasteiger partial charge in [0, 0.05) is 13.1 Å². The van der Waals surface area contributed by atoms with E-state index >= 15 is 0 Å². The monoisotopic (exact) mass is 276 g/mol. The first-order chi connectivity index (χ1) is 8.04. The van der Waals surface area contributed by atoms with Crippen LogP contribution < -0.4 is 5.73 Å². The van der Waals surface area contributed by atoms with Gasteiger partial charge in [-0.05, 0) is 18.8 Å². The van der Waals surface area contributed by atoms with E-state index in [9.17, 15) is 8.42 Å². The minimum atomic E-state index is -3.47. The third-order valence-corrected chi connectivity index (χ3v) is 6.13. The van der Waals surface area contributed by atoms with Gasteiger partial charge >= 0.3 is 0 Å². The standard InChI is InChI=1S/C9H16N4O2S2/c1-2-7-3-5-13(6-4-7)17(14,15)9-12-11-8(10)16-9/h7H,2-6H2,1H3,(H2,10,11). The fourth-order valence-corrected chi connectivity index (χ4v) is 4.39. The van der Waals surface area contributed by atoms with Crippen LogP contribution in [0.15, 0.2) is 4.34 Å². The minimum Gasteiger partial charge on any atom is -0.374 e. The van der Waals surface area contributed by atoms with Crippen LogP contribution >= 0.6 is 11.3 Å². The van der Waals surface area contributed by atoms with E-state index in [1.807, 2.05) is 0 Å². The molecular weight excluding hydrogens is 260 g/mol. The molecule has 0 amide bonds. The van der Waals surface area contributed by atoms with Crippen LogP contribution in [0.1, 0.15) is 26.2 Å². The molecule has 2 rings (SSSR count). The van der Waals surface area contributed by atoms with Gasteiger partial charge in [0.15, 0.2) is 0 Å². The quantitative estimate of drug-likeness (QED) is 0.887. The van der Waals surface area contributed by atoms with E-state index in [0.717, 1.165) is 30.6 Å². The SMILES string of the molecule is CCC1CCN(S(=O)(=O)c2nnc(N)s2)CC1. The second-order valence-corrected chi connectivity index (χ2v) is 7.28. The lowest BCUT2D eigenvalue weighted by Crippen LogP contribution is -2.38. The molecule has 2 N–H and O–H groups in total. The van der Waals surface area contributed by atoms with Gasteiger partial charge in [-0.2, -0.15) is 4.31 Å². The summed E-state index contributed by atoms with van der Waals surface area (Å²) in [7, 11) is -3.47. The lowest BCUT2D eigenvalue weighted by Gasteiger charge is -2.29. The summed E-state index contributed by atoms with van der Waals surface area (Å²) in [5.74, 6) is 0.640. The average Bonchev–Trinajstić information content (AvgIpc) is 2.77. The molecule has 1 saturated heterocycles. The maximum atomic E-state index is 12.2. The summed E-state index contributed by atoms with van der Waals surface area (Å²) in [6.07, 6.45) is 2.95. The molecule has 0 aliphatic carbocycles. The maximum absolute atomic E-state index is 12.2. The van der Waals surface area contributed by atoms with Gasteiger partial charge in [0.2, 0.25) is 9.47 Å². The number of anilines is 1. The van der Waals surface area contributed by atoms with Crippen molar-refractivity contribution >= 4 is 26.5 Å². The van der Waals surface area contributed by atoms with Crippen molar-refractivity contribution in [2.24, 2.45) is 5.92 Å². The van der Waals surface area contributed by atoms with E-state index in [1.54, 1.807) is 0 Å². The topological polar surface area (TPSA) is 89.2 Å². The molecule has 0 spiro atoms. The smallest absolute Gasteiger partial charge is 0.272 e. The highest BCUT2D eigenvalue weighted by Crippen LogP contribution is 2.27. The Kier molecular flexibility index (Phi) is 3.64. The maximum Gasteiger partial charge on any atom is 0.272 e. The molecule has 1 fully saturated rings. The Morgan fingerprint density at radius 1 is 1.41 bits per heavy atom. The molecule has 1 aromatic rings. The number of nitrogens with zero attached hydrogens (tertiary/aromatic N) is 3. The largest absolute Gasteiger partial charge is 0.374 e. The van der Waals surface area contributed by atoms with Gasteiger partial charge < -0.3 is 5.73 Å². The molecule has 8 heteroatoms. The molecule has 0 unspecified atom stereocenters. The van der Waals surface area contributed by atoms with E-state index in [-0.39, 0.29) is 9.47 Å². The van der Waals surface area contributed by atoms with Crippen molar-refractivity contribution in [2.75, 3.05) is 18.8 Å². The number of sulfonamides is 1. The van der Waals surface area contributed by atoms with Crippen molar-refractivity contribution in [1.29, 1.82) is 0 Å². The lowest BCUT2D eigenvalue weighted by atomic mass is 9.96. The molecule has 1 aromatic heterocycles. The number of hydrogen-bond donors (Lipinski definition) is 1. The molecule has 0 aromatic carbocycles. The third-order valence-electron chi connectivity index (χ3n) is 3.13. The lowest BCUT2D eigenvalue weighted by molar-refractivity contribution is 0.269. The van der Waals surface area contributed by atoms with Crippen molar-refractivity contribution in [3.05, 3.63) is 0 Å². The van der Waals surface area contributed by atoms with Gasteiger partial charge in [-0.15, -0.1) is 10.2 Å². The van der Waals surface area contributed by atoms with E-state index in [2.05, 4.69) is 17.1 Å². The molecule has 96 valence electrons. The first kappa shape index (κ1) is 12.7. The van der Waals surface area contributed by atoms with E-state index in [0.29, 0.717) is 19.0 Å². The highest BCUT2D eigenvalue weighted by molar-refractivity contribution is 7.91. The zero-order valence-corrected chi connectivity index (χ0v) is 11.3. The van der Waals surface area contributed by atoms with Crippen LogP contribution in [0.25, 0.3) is 0 Å². The van der Waals surface area contributed by atoms with Gasteiger partial charge in [-0.1, -0.05) is 24.7 Å². The highest BCUT2D eigenvalue weighted by atomic mass is 32.2.